The van der Waals surface area contributed by atoms with Gasteiger partial charge in [0, 0.05) is 13.0 Å². The Labute approximate surface area is 121 Å². The lowest BCUT2D eigenvalue weighted by molar-refractivity contribution is -0.142. The van der Waals surface area contributed by atoms with E-state index in [-0.39, 0.29) is 24.8 Å². The van der Waals surface area contributed by atoms with Crippen LogP contribution in [0, 0.1) is 0 Å². The van der Waals surface area contributed by atoms with Crippen molar-refractivity contribution in [3.05, 3.63) is 22.4 Å². The first-order valence-electron chi connectivity index (χ1n) is 6.38. The first-order chi connectivity index (χ1) is 9.54. The number of thiophene rings is 1. The van der Waals surface area contributed by atoms with E-state index in [9.17, 15) is 14.4 Å². The summed E-state index contributed by atoms with van der Waals surface area (Å²) in [5.41, 5.74) is 0. The molecule has 0 bridgehead atoms. The standard InChI is InChI=1S/C13H18N2O4S/c1-2-4-9(13(18)19)15-11(16)6-7-14-12(17)10-5-3-8-20-10/h3,5,8-9H,2,4,6-7H2,1H3,(H,14,17)(H,15,16)(H,18,19)/t9-/m0/s1. The van der Waals surface area contributed by atoms with Gasteiger partial charge in [0.15, 0.2) is 0 Å². The summed E-state index contributed by atoms with van der Waals surface area (Å²) in [7, 11) is 0. The van der Waals surface area contributed by atoms with Gasteiger partial charge < -0.3 is 15.7 Å². The Morgan fingerprint density at radius 3 is 2.70 bits per heavy atom. The molecule has 6 nitrogen and oxygen atoms in total. The molecule has 0 saturated heterocycles. The highest BCUT2D eigenvalue weighted by Crippen LogP contribution is 2.07. The Hall–Kier alpha value is -1.89. The molecular weight excluding hydrogens is 280 g/mol. The van der Waals surface area contributed by atoms with E-state index in [0.717, 1.165) is 0 Å². The van der Waals surface area contributed by atoms with Crippen molar-refractivity contribution in [2.24, 2.45) is 0 Å². The quantitative estimate of drug-likeness (QED) is 0.673. The van der Waals surface area contributed by atoms with Gasteiger partial charge in [-0.25, -0.2) is 4.79 Å². The fourth-order valence-electron chi connectivity index (χ4n) is 1.60. The Kier molecular flexibility index (Phi) is 6.72. The number of carbonyl (C=O) groups excluding carboxylic acids is 2. The summed E-state index contributed by atoms with van der Waals surface area (Å²) in [6, 6.07) is 2.61. The number of carboxylic acid groups (broad SMARTS) is 1. The lowest BCUT2D eigenvalue weighted by atomic mass is 10.1. The molecule has 0 unspecified atom stereocenters. The molecule has 7 heteroatoms. The number of carboxylic acids is 1. The van der Waals surface area contributed by atoms with Crippen molar-refractivity contribution in [3.8, 4) is 0 Å². The van der Waals surface area contributed by atoms with Gasteiger partial charge in [-0.05, 0) is 17.9 Å². The maximum Gasteiger partial charge on any atom is 0.326 e. The lowest BCUT2D eigenvalue weighted by Gasteiger charge is -2.13. The van der Waals surface area contributed by atoms with Crippen molar-refractivity contribution in [1.29, 1.82) is 0 Å². The molecule has 1 heterocycles. The van der Waals surface area contributed by atoms with Gasteiger partial charge in [0.05, 0.1) is 4.88 Å². The molecule has 0 radical (unpaired) electrons. The van der Waals surface area contributed by atoms with Gasteiger partial charge in [-0.1, -0.05) is 19.4 Å². The topological polar surface area (TPSA) is 95.5 Å². The second-order valence-electron chi connectivity index (χ2n) is 4.23. The van der Waals surface area contributed by atoms with E-state index in [4.69, 9.17) is 5.11 Å². The molecule has 110 valence electrons. The summed E-state index contributed by atoms with van der Waals surface area (Å²) in [6.07, 6.45) is 1.12. The molecule has 0 fully saturated rings. The summed E-state index contributed by atoms with van der Waals surface area (Å²) in [5.74, 6) is -1.64. The molecule has 0 saturated carbocycles. The fraction of sp³-hybridized carbons (Fsp3) is 0.462. The summed E-state index contributed by atoms with van der Waals surface area (Å²) in [6.45, 7) is 2.03. The molecule has 0 aliphatic carbocycles. The number of nitrogens with one attached hydrogen (secondary N) is 2. The number of rotatable bonds is 8. The van der Waals surface area contributed by atoms with Crippen LogP contribution in [0.3, 0.4) is 0 Å². The van der Waals surface area contributed by atoms with Crippen LogP contribution < -0.4 is 10.6 Å². The third-order valence-corrected chi connectivity index (χ3v) is 3.46. The maximum absolute atomic E-state index is 11.6. The smallest absolute Gasteiger partial charge is 0.326 e. The summed E-state index contributed by atoms with van der Waals surface area (Å²) < 4.78 is 0. The minimum Gasteiger partial charge on any atom is -0.480 e. The number of aliphatic carboxylic acids is 1. The number of hydrogen-bond donors (Lipinski definition) is 3. The molecule has 0 aliphatic heterocycles. The van der Waals surface area contributed by atoms with Gasteiger partial charge in [0.2, 0.25) is 5.91 Å². The predicted molar refractivity (Wildman–Crippen MR) is 75.7 cm³/mol. The molecule has 1 aromatic heterocycles. The van der Waals surface area contributed by atoms with Gasteiger partial charge in [0.1, 0.15) is 6.04 Å². The highest BCUT2D eigenvalue weighted by atomic mass is 32.1. The molecule has 20 heavy (non-hydrogen) atoms. The van der Waals surface area contributed by atoms with E-state index < -0.39 is 12.0 Å². The second-order valence-corrected chi connectivity index (χ2v) is 5.18. The van der Waals surface area contributed by atoms with Crippen LogP contribution in [0.5, 0.6) is 0 Å². The van der Waals surface area contributed by atoms with Gasteiger partial charge in [0.25, 0.3) is 5.91 Å². The van der Waals surface area contributed by atoms with E-state index in [1.807, 2.05) is 6.92 Å². The molecule has 0 spiro atoms. The molecule has 3 N–H and O–H groups in total. The van der Waals surface area contributed by atoms with Gasteiger partial charge in [-0.2, -0.15) is 0 Å². The van der Waals surface area contributed by atoms with Crippen LogP contribution in [-0.2, 0) is 9.59 Å². The lowest BCUT2D eigenvalue weighted by Crippen LogP contribution is -2.41. The van der Waals surface area contributed by atoms with Crippen molar-refractivity contribution in [3.63, 3.8) is 0 Å². The minimum atomic E-state index is -1.04. The molecule has 1 atom stereocenters. The van der Waals surface area contributed by atoms with Crippen molar-refractivity contribution in [2.45, 2.75) is 32.2 Å². The van der Waals surface area contributed by atoms with E-state index in [0.29, 0.717) is 17.7 Å². The van der Waals surface area contributed by atoms with Crippen LogP contribution in [0.25, 0.3) is 0 Å². The van der Waals surface area contributed by atoms with Crippen LogP contribution in [0.1, 0.15) is 35.9 Å². The monoisotopic (exact) mass is 298 g/mol. The summed E-state index contributed by atoms with van der Waals surface area (Å²) >= 11 is 1.32. The van der Waals surface area contributed by atoms with Crippen LogP contribution >= 0.6 is 11.3 Å². The average molecular weight is 298 g/mol. The van der Waals surface area contributed by atoms with Gasteiger partial charge in [-0.15, -0.1) is 11.3 Å². The fourth-order valence-corrected chi connectivity index (χ4v) is 2.24. The Morgan fingerprint density at radius 1 is 1.40 bits per heavy atom. The molecule has 0 aromatic carbocycles. The van der Waals surface area contributed by atoms with Crippen LogP contribution in [-0.4, -0.2) is 35.5 Å². The molecule has 1 rings (SSSR count). The molecular formula is C13H18N2O4S. The zero-order valence-electron chi connectivity index (χ0n) is 11.2. The number of hydrogen-bond acceptors (Lipinski definition) is 4. The highest BCUT2D eigenvalue weighted by Gasteiger charge is 2.18. The predicted octanol–water partition coefficient (Wildman–Crippen LogP) is 1.24. The first-order valence-corrected chi connectivity index (χ1v) is 7.26. The van der Waals surface area contributed by atoms with Crippen molar-refractivity contribution in [2.75, 3.05) is 6.54 Å². The number of carbonyl (C=O) groups is 3. The summed E-state index contributed by atoms with van der Waals surface area (Å²) in [5, 5.41) is 15.8. The third-order valence-electron chi connectivity index (χ3n) is 2.59. The Morgan fingerprint density at radius 2 is 2.15 bits per heavy atom. The maximum atomic E-state index is 11.6. The molecule has 0 aliphatic rings. The van der Waals surface area contributed by atoms with Crippen molar-refractivity contribution >= 4 is 29.1 Å². The minimum absolute atomic E-state index is 0.0601. The van der Waals surface area contributed by atoms with E-state index in [1.165, 1.54) is 11.3 Å². The Bertz CT molecular complexity index is 459. The average Bonchev–Trinajstić information content (AvgIpc) is 2.91. The largest absolute Gasteiger partial charge is 0.480 e. The van der Waals surface area contributed by atoms with Gasteiger partial charge >= 0.3 is 5.97 Å². The zero-order valence-corrected chi connectivity index (χ0v) is 12.0. The van der Waals surface area contributed by atoms with E-state index >= 15 is 0 Å². The van der Waals surface area contributed by atoms with Crippen LogP contribution in [0.15, 0.2) is 17.5 Å². The third kappa shape index (κ3) is 5.40. The van der Waals surface area contributed by atoms with Crippen LogP contribution in [0.2, 0.25) is 0 Å². The zero-order chi connectivity index (χ0) is 15.0. The van der Waals surface area contributed by atoms with Crippen LogP contribution in [0.4, 0.5) is 0 Å². The second kappa shape index (κ2) is 8.31. The highest BCUT2D eigenvalue weighted by molar-refractivity contribution is 7.12. The van der Waals surface area contributed by atoms with Crippen molar-refractivity contribution in [1.82, 2.24) is 10.6 Å². The Balaban J connectivity index is 2.29. The summed E-state index contributed by atoms with van der Waals surface area (Å²) in [4.78, 5) is 34.6. The van der Waals surface area contributed by atoms with Crippen molar-refractivity contribution < 1.29 is 19.5 Å². The van der Waals surface area contributed by atoms with Gasteiger partial charge in [-0.3, -0.25) is 9.59 Å². The normalized spacial score (nSPS) is 11.7. The first kappa shape index (κ1) is 16.2. The molecule has 2 amide bonds. The molecule has 1 aromatic rings. The number of amides is 2. The van der Waals surface area contributed by atoms with E-state index in [2.05, 4.69) is 10.6 Å². The van der Waals surface area contributed by atoms with E-state index in [1.54, 1.807) is 17.5 Å². The SMILES string of the molecule is CCC[C@H](NC(=O)CCNC(=O)c1cccs1)C(=O)O.